The Hall–Kier alpha value is -2.25. The molecule has 1 aromatic carbocycles. The summed E-state index contributed by atoms with van der Waals surface area (Å²) < 4.78 is 1.84. The predicted molar refractivity (Wildman–Crippen MR) is 101 cm³/mol. The maximum Gasteiger partial charge on any atom is 0.240 e. The number of likely N-dealkylation sites (N-methyl/N-ethyl adjacent to an activating group) is 1. The fourth-order valence-electron chi connectivity index (χ4n) is 4.28. The molecule has 1 atom stereocenters. The van der Waals surface area contributed by atoms with Crippen LogP contribution in [0.2, 0.25) is 0 Å². The SMILES string of the molecule is CCN1Cc2ccccc2CC1C(=O)N1CCC(n2cc(CO)nn2)CC1. The van der Waals surface area contributed by atoms with Crippen LogP contribution in [0.15, 0.2) is 30.5 Å². The second-order valence-corrected chi connectivity index (χ2v) is 7.46. The van der Waals surface area contributed by atoms with E-state index in [1.165, 1.54) is 11.1 Å². The second kappa shape index (κ2) is 7.78. The van der Waals surface area contributed by atoms with Crippen molar-refractivity contribution in [3.63, 3.8) is 0 Å². The summed E-state index contributed by atoms with van der Waals surface area (Å²) in [5, 5.41) is 17.2. The molecule has 0 saturated carbocycles. The minimum atomic E-state index is -0.0899. The minimum Gasteiger partial charge on any atom is -0.390 e. The molecule has 1 N–H and O–H groups in total. The third kappa shape index (κ3) is 3.61. The van der Waals surface area contributed by atoms with Gasteiger partial charge in [0.2, 0.25) is 5.91 Å². The lowest BCUT2D eigenvalue weighted by atomic mass is 9.92. The lowest BCUT2D eigenvalue weighted by Crippen LogP contribution is -2.53. The third-order valence-corrected chi connectivity index (χ3v) is 5.91. The summed E-state index contributed by atoms with van der Waals surface area (Å²) in [5.41, 5.74) is 3.23. The fourth-order valence-corrected chi connectivity index (χ4v) is 4.28. The Labute approximate surface area is 159 Å². The average Bonchev–Trinajstić information content (AvgIpc) is 3.21. The van der Waals surface area contributed by atoms with E-state index in [1.54, 1.807) is 6.20 Å². The zero-order valence-electron chi connectivity index (χ0n) is 15.8. The Morgan fingerprint density at radius 3 is 2.63 bits per heavy atom. The third-order valence-electron chi connectivity index (χ3n) is 5.91. The smallest absolute Gasteiger partial charge is 0.240 e. The minimum absolute atomic E-state index is 0.0613. The number of piperidine rings is 1. The second-order valence-electron chi connectivity index (χ2n) is 7.46. The van der Waals surface area contributed by atoms with E-state index >= 15 is 0 Å². The first kappa shape index (κ1) is 18.1. The van der Waals surface area contributed by atoms with Crippen LogP contribution in [0.5, 0.6) is 0 Å². The summed E-state index contributed by atoms with van der Waals surface area (Å²) >= 11 is 0. The highest BCUT2D eigenvalue weighted by Gasteiger charge is 2.35. The topological polar surface area (TPSA) is 74.5 Å². The standard InChI is InChI=1S/C20H27N5O2/c1-2-23-12-16-6-4-3-5-15(16)11-19(23)20(27)24-9-7-18(8-10-24)25-13-17(14-26)21-22-25/h3-6,13,18-19,26H,2,7-12,14H2,1H3. The van der Waals surface area contributed by atoms with E-state index in [-0.39, 0.29) is 24.6 Å². The van der Waals surface area contributed by atoms with Crippen molar-refractivity contribution in [2.45, 2.75) is 51.4 Å². The number of amides is 1. The van der Waals surface area contributed by atoms with Crippen LogP contribution < -0.4 is 0 Å². The maximum absolute atomic E-state index is 13.2. The summed E-state index contributed by atoms with van der Waals surface area (Å²) in [6.45, 7) is 5.25. The number of carbonyl (C=O) groups excluding carboxylic acids is 1. The molecule has 0 radical (unpaired) electrons. The van der Waals surface area contributed by atoms with Gasteiger partial charge in [0.15, 0.2) is 0 Å². The largest absolute Gasteiger partial charge is 0.390 e. The summed E-state index contributed by atoms with van der Waals surface area (Å²) in [4.78, 5) is 17.6. The number of aliphatic hydroxyl groups is 1. The van der Waals surface area contributed by atoms with Crippen LogP contribution >= 0.6 is 0 Å². The molecule has 0 bridgehead atoms. The molecule has 7 nitrogen and oxygen atoms in total. The van der Waals surface area contributed by atoms with Crippen molar-refractivity contribution in [2.75, 3.05) is 19.6 Å². The van der Waals surface area contributed by atoms with E-state index in [2.05, 4.69) is 46.4 Å². The van der Waals surface area contributed by atoms with Gasteiger partial charge in [-0.05, 0) is 36.9 Å². The molecule has 7 heteroatoms. The Morgan fingerprint density at radius 1 is 1.22 bits per heavy atom. The maximum atomic E-state index is 13.2. The molecule has 1 saturated heterocycles. The Morgan fingerprint density at radius 2 is 1.96 bits per heavy atom. The van der Waals surface area contributed by atoms with Crippen molar-refractivity contribution < 1.29 is 9.90 Å². The molecule has 1 aromatic heterocycles. The molecule has 2 aliphatic rings. The van der Waals surface area contributed by atoms with Crippen LogP contribution in [0.1, 0.15) is 42.6 Å². The van der Waals surface area contributed by atoms with Gasteiger partial charge in [-0.2, -0.15) is 0 Å². The van der Waals surface area contributed by atoms with Crippen molar-refractivity contribution in [2.24, 2.45) is 0 Å². The molecule has 1 fully saturated rings. The van der Waals surface area contributed by atoms with Gasteiger partial charge >= 0.3 is 0 Å². The van der Waals surface area contributed by atoms with Crippen LogP contribution in [-0.2, 0) is 24.4 Å². The summed E-state index contributed by atoms with van der Waals surface area (Å²) in [6.07, 6.45) is 4.34. The van der Waals surface area contributed by atoms with Crippen molar-refractivity contribution in [1.82, 2.24) is 24.8 Å². The highest BCUT2D eigenvalue weighted by Crippen LogP contribution is 2.27. The lowest BCUT2D eigenvalue weighted by molar-refractivity contribution is -0.139. The number of rotatable bonds is 4. The molecule has 144 valence electrons. The van der Waals surface area contributed by atoms with Gasteiger partial charge in [-0.1, -0.05) is 36.4 Å². The first-order chi connectivity index (χ1) is 13.2. The zero-order valence-corrected chi connectivity index (χ0v) is 15.8. The molecular weight excluding hydrogens is 342 g/mol. The number of likely N-dealkylation sites (tertiary alicyclic amines) is 1. The highest BCUT2D eigenvalue weighted by molar-refractivity contribution is 5.82. The van der Waals surface area contributed by atoms with Crippen molar-refractivity contribution in [3.8, 4) is 0 Å². The quantitative estimate of drug-likeness (QED) is 0.881. The van der Waals surface area contributed by atoms with Gasteiger partial charge in [-0.15, -0.1) is 5.10 Å². The van der Waals surface area contributed by atoms with Gasteiger partial charge in [-0.25, -0.2) is 4.68 Å². The van der Waals surface area contributed by atoms with Gasteiger partial charge < -0.3 is 10.0 Å². The fraction of sp³-hybridized carbons (Fsp3) is 0.550. The van der Waals surface area contributed by atoms with E-state index in [0.717, 1.165) is 45.4 Å². The number of nitrogens with zero attached hydrogens (tertiary/aromatic N) is 5. The Balaban J connectivity index is 1.41. The van der Waals surface area contributed by atoms with Crippen LogP contribution in [0.25, 0.3) is 0 Å². The molecule has 1 amide bonds. The first-order valence-corrected chi connectivity index (χ1v) is 9.80. The van der Waals surface area contributed by atoms with Crippen LogP contribution in [0.3, 0.4) is 0 Å². The number of carbonyl (C=O) groups is 1. The van der Waals surface area contributed by atoms with E-state index in [0.29, 0.717) is 5.69 Å². The summed E-state index contributed by atoms with van der Waals surface area (Å²) in [5.74, 6) is 0.249. The Kier molecular flexibility index (Phi) is 5.22. The first-order valence-electron chi connectivity index (χ1n) is 9.80. The molecule has 4 rings (SSSR count). The van der Waals surface area contributed by atoms with E-state index in [4.69, 9.17) is 5.11 Å². The molecule has 3 heterocycles. The van der Waals surface area contributed by atoms with Crippen molar-refractivity contribution >= 4 is 5.91 Å². The van der Waals surface area contributed by atoms with Crippen LogP contribution in [-0.4, -0.2) is 61.5 Å². The zero-order chi connectivity index (χ0) is 18.8. The summed E-state index contributed by atoms with van der Waals surface area (Å²) in [7, 11) is 0. The number of benzene rings is 1. The van der Waals surface area contributed by atoms with Gasteiger partial charge in [0.25, 0.3) is 0 Å². The number of hydrogen-bond donors (Lipinski definition) is 1. The van der Waals surface area contributed by atoms with Crippen LogP contribution in [0, 0.1) is 0 Å². The molecule has 27 heavy (non-hydrogen) atoms. The van der Waals surface area contributed by atoms with Gasteiger partial charge in [0.1, 0.15) is 5.69 Å². The van der Waals surface area contributed by atoms with E-state index < -0.39 is 0 Å². The lowest BCUT2D eigenvalue weighted by Gasteiger charge is -2.40. The number of aliphatic hydroxyl groups excluding tert-OH is 1. The molecular formula is C20H27N5O2. The summed E-state index contributed by atoms with van der Waals surface area (Å²) in [6, 6.07) is 8.64. The van der Waals surface area contributed by atoms with Crippen molar-refractivity contribution in [1.29, 1.82) is 0 Å². The van der Waals surface area contributed by atoms with Crippen LogP contribution in [0.4, 0.5) is 0 Å². The average molecular weight is 369 g/mol. The molecule has 2 aromatic rings. The molecule has 0 spiro atoms. The van der Waals surface area contributed by atoms with Gasteiger partial charge in [-0.3, -0.25) is 9.69 Å². The molecule has 2 aliphatic heterocycles. The monoisotopic (exact) mass is 369 g/mol. The van der Waals surface area contributed by atoms with E-state index in [9.17, 15) is 4.79 Å². The normalized spacial score (nSPS) is 21.3. The number of fused-ring (bicyclic) bond motifs is 1. The molecule has 1 unspecified atom stereocenters. The van der Waals surface area contributed by atoms with E-state index in [1.807, 2.05) is 9.58 Å². The number of hydrogen-bond acceptors (Lipinski definition) is 5. The van der Waals surface area contributed by atoms with Gasteiger partial charge in [0, 0.05) is 19.6 Å². The molecule has 0 aliphatic carbocycles. The highest BCUT2D eigenvalue weighted by atomic mass is 16.3. The Bertz CT molecular complexity index is 797. The van der Waals surface area contributed by atoms with Gasteiger partial charge in [0.05, 0.1) is 24.9 Å². The predicted octanol–water partition coefficient (Wildman–Crippen LogP) is 1.38. The number of aromatic nitrogens is 3. The van der Waals surface area contributed by atoms with Crippen molar-refractivity contribution in [3.05, 3.63) is 47.3 Å².